The van der Waals surface area contributed by atoms with Gasteiger partial charge in [-0.3, -0.25) is 4.90 Å². The lowest BCUT2D eigenvalue weighted by molar-refractivity contribution is 0.0670. The molecule has 1 saturated carbocycles. The maximum absolute atomic E-state index is 5.91. The second-order valence-corrected chi connectivity index (χ2v) is 5.24. The molecule has 0 heterocycles. The molecule has 84 valence electrons. The van der Waals surface area contributed by atoms with Crippen molar-refractivity contribution in [2.75, 3.05) is 13.1 Å². The van der Waals surface area contributed by atoms with E-state index in [1.54, 1.807) is 0 Å². The average Bonchev–Trinajstić information content (AvgIpc) is 2.96. The van der Waals surface area contributed by atoms with E-state index in [0.29, 0.717) is 6.04 Å². The summed E-state index contributed by atoms with van der Waals surface area (Å²) in [4.78, 5) is 2.60. The van der Waals surface area contributed by atoms with E-state index < -0.39 is 0 Å². The number of nitrogens with two attached hydrogens (primary N) is 1. The summed E-state index contributed by atoms with van der Waals surface area (Å²) in [5.74, 6) is 0.954. The molecule has 0 aromatic rings. The Morgan fingerprint density at radius 3 is 2.29 bits per heavy atom. The zero-order chi connectivity index (χ0) is 10.8. The van der Waals surface area contributed by atoms with Crippen LogP contribution in [0.1, 0.15) is 47.0 Å². The second-order valence-electron chi connectivity index (χ2n) is 5.24. The van der Waals surface area contributed by atoms with Crippen molar-refractivity contribution in [2.45, 2.75) is 58.5 Å². The van der Waals surface area contributed by atoms with Crippen LogP contribution < -0.4 is 5.73 Å². The van der Waals surface area contributed by atoms with Gasteiger partial charge in [0.25, 0.3) is 0 Å². The van der Waals surface area contributed by atoms with Crippen LogP contribution in [0.4, 0.5) is 0 Å². The van der Waals surface area contributed by atoms with Crippen molar-refractivity contribution in [3.05, 3.63) is 0 Å². The Bertz CT molecular complexity index is 169. The van der Waals surface area contributed by atoms with Crippen LogP contribution in [-0.4, -0.2) is 29.6 Å². The standard InChI is InChI=1S/C12H26N2/c1-5-12(4,9-13)14(10(2)3)8-11-6-7-11/h10-11H,5-9,13H2,1-4H3. The van der Waals surface area contributed by atoms with Gasteiger partial charge in [0.1, 0.15) is 0 Å². The molecule has 1 fully saturated rings. The maximum atomic E-state index is 5.91. The van der Waals surface area contributed by atoms with E-state index in [-0.39, 0.29) is 5.54 Å². The predicted molar refractivity (Wildman–Crippen MR) is 62.3 cm³/mol. The molecule has 0 saturated heterocycles. The lowest BCUT2D eigenvalue weighted by atomic mass is 9.94. The zero-order valence-electron chi connectivity index (χ0n) is 10.2. The van der Waals surface area contributed by atoms with Gasteiger partial charge in [0.15, 0.2) is 0 Å². The van der Waals surface area contributed by atoms with Crippen molar-refractivity contribution in [3.8, 4) is 0 Å². The summed E-state index contributed by atoms with van der Waals surface area (Å²) in [5, 5.41) is 0. The molecule has 1 aliphatic carbocycles. The summed E-state index contributed by atoms with van der Waals surface area (Å²) < 4.78 is 0. The van der Waals surface area contributed by atoms with E-state index in [4.69, 9.17) is 5.73 Å². The van der Waals surface area contributed by atoms with Crippen LogP contribution in [0.2, 0.25) is 0 Å². The molecule has 2 N–H and O–H groups in total. The van der Waals surface area contributed by atoms with E-state index in [0.717, 1.165) is 18.9 Å². The van der Waals surface area contributed by atoms with E-state index >= 15 is 0 Å². The Morgan fingerprint density at radius 1 is 1.43 bits per heavy atom. The van der Waals surface area contributed by atoms with E-state index in [2.05, 4.69) is 32.6 Å². The smallest absolute Gasteiger partial charge is 0.0303 e. The van der Waals surface area contributed by atoms with E-state index in [1.165, 1.54) is 19.4 Å². The summed E-state index contributed by atoms with van der Waals surface area (Å²) in [6, 6.07) is 0.615. The topological polar surface area (TPSA) is 29.3 Å². The summed E-state index contributed by atoms with van der Waals surface area (Å²) in [7, 11) is 0. The maximum Gasteiger partial charge on any atom is 0.0303 e. The Balaban J connectivity index is 2.62. The molecule has 0 aromatic heterocycles. The molecule has 1 aliphatic rings. The minimum atomic E-state index is 0.205. The van der Waals surface area contributed by atoms with Crippen LogP contribution in [0.25, 0.3) is 0 Å². The van der Waals surface area contributed by atoms with Crippen molar-refractivity contribution in [1.29, 1.82) is 0 Å². The van der Waals surface area contributed by atoms with Gasteiger partial charge in [-0.2, -0.15) is 0 Å². The van der Waals surface area contributed by atoms with Crippen molar-refractivity contribution in [2.24, 2.45) is 11.7 Å². The molecule has 0 spiro atoms. The molecule has 14 heavy (non-hydrogen) atoms. The van der Waals surface area contributed by atoms with Gasteiger partial charge in [0.05, 0.1) is 0 Å². The minimum absolute atomic E-state index is 0.205. The first kappa shape index (κ1) is 12.0. The summed E-state index contributed by atoms with van der Waals surface area (Å²) >= 11 is 0. The van der Waals surface area contributed by atoms with Gasteiger partial charge in [-0.05, 0) is 46.0 Å². The lowest BCUT2D eigenvalue weighted by Gasteiger charge is -2.43. The zero-order valence-corrected chi connectivity index (χ0v) is 10.2. The van der Waals surface area contributed by atoms with Gasteiger partial charge in [0.2, 0.25) is 0 Å². The Kier molecular flexibility index (Phi) is 3.96. The molecule has 0 aliphatic heterocycles. The minimum Gasteiger partial charge on any atom is -0.329 e. The molecule has 2 heteroatoms. The molecule has 0 amide bonds. The SMILES string of the molecule is CCC(C)(CN)N(CC1CC1)C(C)C. The fourth-order valence-electron chi connectivity index (χ4n) is 2.10. The van der Waals surface area contributed by atoms with Crippen LogP contribution >= 0.6 is 0 Å². The highest BCUT2D eigenvalue weighted by Crippen LogP contribution is 2.33. The van der Waals surface area contributed by atoms with Crippen molar-refractivity contribution in [3.63, 3.8) is 0 Å². The number of hydrogen-bond acceptors (Lipinski definition) is 2. The molecule has 2 nitrogen and oxygen atoms in total. The van der Waals surface area contributed by atoms with Gasteiger partial charge in [-0.25, -0.2) is 0 Å². The fourth-order valence-corrected chi connectivity index (χ4v) is 2.10. The van der Waals surface area contributed by atoms with E-state index in [9.17, 15) is 0 Å². The van der Waals surface area contributed by atoms with Crippen LogP contribution in [0, 0.1) is 5.92 Å². The normalized spacial score (nSPS) is 21.6. The third-order valence-corrected chi connectivity index (χ3v) is 3.67. The molecule has 0 aromatic carbocycles. The monoisotopic (exact) mass is 198 g/mol. The molecule has 1 rings (SSSR count). The highest BCUT2D eigenvalue weighted by Gasteiger charge is 2.34. The molecule has 1 atom stereocenters. The first-order valence-corrected chi connectivity index (χ1v) is 6.00. The first-order valence-electron chi connectivity index (χ1n) is 6.00. The van der Waals surface area contributed by atoms with Crippen LogP contribution in [0.3, 0.4) is 0 Å². The summed E-state index contributed by atoms with van der Waals surface area (Å²) in [6.45, 7) is 11.1. The molecular weight excluding hydrogens is 172 g/mol. The van der Waals surface area contributed by atoms with Crippen molar-refractivity contribution < 1.29 is 0 Å². The first-order chi connectivity index (χ1) is 6.53. The predicted octanol–water partition coefficient (Wildman–Crippen LogP) is 2.23. The Morgan fingerprint density at radius 2 is 2.00 bits per heavy atom. The van der Waals surface area contributed by atoms with Crippen molar-refractivity contribution >= 4 is 0 Å². The molecular formula is C12H26N2. The Hall–Kier alpha value is -0.0800. The summed E-state index contributed by atoms with van der Waals surface area (Å²) in [5.41, 5.74) is 6.12. The number of nitrogens with zero attached hydrogens (tertiary/aromatic N) is 1. The number of hydrogen-bond donors (Lipinski definition) is 1. The third kappa shape index (κ3) is 2.71. The summed E-state index contributed by atoms with van der Waals surface area (Å²) in [6.07, 6.45) is 4.00. The Labute approximate surface area is 88.8 Å². The molecule has 0 radical (unpaired) electrons. The number of rotatable bonds is 6. The van der Waals surface area contributed by atoms with Gasteiger partial charge < -0.3 is 5.73 Å². The highest BCUT2D eigenvalue weighted by atomic mass is 15.2. The van der Waals surface area contributed by atoms with Crippen LogP contribution in [0.5, 0.6) is 0 Å². The van der Waals surface area contributed by atoms with Gasteiger partial charge >= 0.3 is 0 Å². The van der Waals surface area contributed by atoms with Gasteiger partial charge in [-0.1, -0.05) is 6.92 Å². The molecule has 1 unspecified atom stereocenters. The third-order valence-electron chi connectivity index (χ3n) is 3.67. The van der Waals surface area contributed by atoms with Gasteiger partial charge in [0, 0.05) is 24.7 Å². The average molecular weight is 198 g/mol. The molecule has 0 bridgehead atoms. The van der Waals surface area contributed by atoms with Crippen molar-refractivity contribution in [1.82, 2.24) is 4.90 Å². The van der Waals surface area contributed by atoms with Gasteiger partial charge in [-0.15, -0.1) is 0 Å². The lowest BCUT2D eigenvalue weighted by Crippen LogP contribution is -2.54. The second kappa shape index (κ2) is 4.63. The largest absolute Gasteiger partial charge is 0.329 e. The van der Waals surface area contributed by atoms with E-state index in [1.807, 2.05) is 0 Å². The fraction of sp³-hybridized carbons (Fsp3) is 1.00. The van der Waals surface area contributed by atoms with Crippen LogP contribution in [0.15, 0.2) is 0 Å². The highest BCUT2D eigenvalue weighted by molar-refractivity contribution is 4.91. The quantitative estimate of drug-likeness (QED) is 0.709. The van der Waals surface area contributed by atoms with Crippen LogP contribution in [-0.2, 0) is 0 Å².